The number of alkyl halides is 1. The summed E-state index contributed by atoms with van der Waals surface area (Å²) in [6, 6.07) is 6.16. The van der Waals surface area contributed by atoms with Crippen molar-refractivity contribution in [3.63, 3.8) is 0 Å². The first kappa shape index (κ1) is 14.5. The fourth-order valence-electron chi connectivity index (χ4n) is 2.18. The highest BCUT2D eigenvalue weighted by atomic mass is 35.5. The largest absolute Gasteiger partial charge is 0.327 e. The van der Waals surface area contributed by atoms with E-state index < -0.39 is 10.8 Å². The minimum Gasteiger partial charge on any atom is -0.327 e. The standard InChI is InChI=1S/C14H19ClN2OS/c1-10-5-4-6-12-14(10)16-13(7-8-15)17(12)9-11(2)19(3)18/h4-6,11H,7-9H2,1-3H3. The molecule has 0 aliphatic heterocycles. The molecule has 1 heterocycles. The highest BCUT2D eigenvalue weighted by molar-refractivity contribution is 7.84. The predicted molar refractivity (Wildman–Crippen MR) is 82.4 cm³/mol. The van der Waals surface area contributed by atoms with Gasteiger partial charge in [0.05, 0.1) is 11.0 Å². The van der Waals surface area contributed by atoms with Crippen LogP contribution in [-0.2, 0) is 23.8 Å². The van der Waals surface area contributed by atoms with Gasteiger partial charge in [-0.25, -0.2) is 4.98 Å². The van der Waals surface area contributed by atoms with Gasteiger partial charge in [-0.05, 0) is 25.5 Å². The fraction of sp³-hybridized carbons (Fsp3) is 0.500. The van der Waals surface area contributed by atoms with Crippen molar-refractivity contribution in [3.8, 4) is 0 Å². The van der Waals surface area contributed by atoms with Crippen LogP contribution in [0.2, 0.25) is 0 Å². The topological polar surface area (TPSA) is 34.9 Å². The number of rotatable bonds is 5. The van der Waals surface area contributed by atoms with Gasteiger partial charge in [-0.15, -0.1) is 11.6 Å². The number of nitrogens with zero attached hydrogens (tertiary/aromatic N) is 2. The van der Waals surface area contributed by atoms with Gasteiger partial charge in [0.25, 0.3) is 0 Å². The molecule has 5 heteroatoms. The molecule has 0 N–H and O–H groups in total. The maximum absolute atomic E-state index is 11.6. The lowest BCUT2D eigenvalue weighted by Crippen LogP contribution is -2.19. The second kappa shape index (κ2) is 6.06. The number of hydrogen-bond donors (Lipinski definition) is 0. The summed E-state index contributed by atoms with van der Waals surface area (Å²) in [6.45, 7) is 4.78. The number of benzene rings is 1. The zero-order valence-corrected chi connectivity index (χ0v) is 13.1. The van der Waals surface area contributed by atoms with E-state index in [1.54, 1.807) is 6.26 Å². The lowest BCUT2D eigenvalue weighted by atomic mass is 10.2. The van der Waals surface area contributed by atoms with Crippen molar-refractivity contribution in [1.29, 1.82) is 0 Å². The molecule has 3 nitrogen and oxygen atoms in total. The Balaban J connectivity index is 2.52. The van der Waals surface area contributed by atoms with E-state index in [1.807, 2.05) is 13.0 Å². The van der Waals surface area contributed by atoms with E-state index in [4.69, 9.17) is 16.6 Å². The van der Waals surface area contributed by atoms with E-state index >= 15 is 0 Å². The quantitative estimate of drug-likeness (QED) is 0.796. The van der Waals surface area contributed by atoms with Crippen LogP contribution in [0.15, 0.2) is 18.2 Å². The summed E-state index contributed by atoms with van der Waals surface area (Å²) in [7, 11) is -0.837. The van der Waals surface area contributed by atoms with Crippen molar-refractivity contribution in [3.05, 3.63) is 29.6 Å². The molecule has 19 heavy (non-hydrogen) atoms. The molecule has 1 aromatic heterocycles. The van der Waals surface area contributed by atoms with Gasteiger partial charge < -0.3 is 4.57 Å². The number of fused-ring (bicyclic) bond motifs is 1. The van der Waals surface area contributed by atoms with Gasteiger partial charge in [-0.2, -0.15) is 0 Å². The molecule has 0 spiro atoms. The molecule has 0 aliphatic rings. The smallest absolute Gasteiger partial charge is 0.111 e. The highest BCUT2D eigenvalue weighted by Crippen LogP contribution is 2.21. The van der Waals surface area contributed by atoms with Crippen molar-refractivity contribution in [2.24, 2.45) is 0 Å². The number of aryl methyl sites for hydroxylation is 2. The first-order valence-electron chi connectivity index (χ1n) is 6.37. The maximum Gasteiger partial charge on any atom is 0.111 e. The van der Waals surface area contributed by atoms with E-state index in [0.29, 0.717) is 5.88 Å². The van der Waals surface area contributed by atoms with Gasteiger partial charge in [0.1, 0.15) is 5.82 Å². The SMILES string of the molecule is Cc1cccc2c1nc(CCCl)n2CC(C)S(C)=O. The van der Waals surface area contributed by atoms with Gasteiger partial charge in [0.15, 0.2) is 0 Å². The third kappa shape index (κ3) is 3.00. The minimum atomic E-state index is -0.837. The second-order valence-corrected chi connectivity index (χ2v) is 7.01. The lowest BCUT2D eigenvalue weighted by Gasteiger charge is -2.13. The fourth-order valence-corrected chi connectivity index (χ4v) is 2.70. The molecule has 0 aliphatic carbocycles. The molecule has 0 saturated heterocycles. The van der Waals surface area contributed by atoms with Gasteiger partial charge in [-0.3, -0.25) is 4.21 Å². The van der Waals surface area contributed by atoms with Crippen molar-refractivity contribution in [2.75, 3.05) is 12.1 Å². The Morgan fingerprint density at radius 3 is 2.84 bits per heavy atom. The number of imidazole rings is 1. The van der Waals surface area contributed by atoms with Gasteiger partial charge in [0.2, 0.25) is 0 Å². The summed E-state index contributed by atoms with van der Waals surface area (Å²) in [5, 5.41) is 0.104. The van der Waals surface area contributed by atoms with Crippen LogP contribution in [0.3, 0.4) is 0 Å². The summed E-state index contributed by atoms with van der Waals surface area (Å²) in [6.07, 6.45) is 2.48. The normalized spacial score (nSPS) is 14.7. The molecular formula is C14H19ClN2OS. The monoisotopic (exact) mass is 298 g/mol. The Kier molecular flexibility index (Phi) is 4.63. The average molecular weight is 299 g/mol. The summed E-state index contributed by atoms with van der Waals surface area (Å²) < 4.78 is 13.8. The molecule has 0 fully saturated rings. The third-order valence-electron chi connectivity index (χ3n) is 3.38. The van der Waals surface area contributed by atoms with Gasteiger partial charge in [0, 0.05) is 41.2 Å². The van der Waals surface area contributed by atoms with E-state index in [9.17, 15) is 4.21 Å². The van der Waals surface area contributed by atoms with Crippen LogP contribution >= 0.6 is 11.6 Å². The first-order chi connectivity index (χ1) is 9.04. The molecule has 2 rings (SSSR count). The molecule has 2 aromatic rings. The molecule has 1 aromatic carbocycles. The summed E-state index contributed by atoms with van der Waals surface area (Å²) in [5.74, 6) is 1.53. The Labute approximate surface area is 121 Å². The van der Waals surface area contributed by atoms with Crippen molar-refractivity contribution >= 4 is 33.4 Å². The molecule has 0 radical (unpaired) electrons. The van der Waals surface area contributed by atoms with Gasteiger partial charge in [-0.1, -0.05) is 12.1 Å². The van der Waals surface area contributed by atoms with Crippen LogP contribution < -0.4 is 0 Å². The van der Waals surface area contributed by atoms with E-state index in [2.05, 4.69) is 23.6 Å². The molecular weight excluding hydrogens is 280 g/mol. The van der Waals surface area contributed by atoms with E-state index in [-0.39, 0.29) is 5.25 Å². The third-order valence-corrected chi connectivity index (χ3v) is 4.86. The van der Waals surface area contributed by atoms with Gasteiger partial charge >= 0.3 is 0 Å². The Bertz CT molecular complexity index is 609. The Hall–Kier alpha value is -0.870. The van der Waals surface area contributed by atoms with Crippen LogP contribution in [-0.4, -0.2) is 31.1 Å². The molecule has 104 valence electrons. The number of halogens is 1. The Morgan fingerprint density at radius 1 is 1.47 bits per heavy atom. The number of para-hydroxylation sites is 1. The first-order valence-corrected chi connectivity index (χ1v) is 8.53. The van der Waals surface area contributed by atoms with Crippen molar-refractivity contribution in [2.45, 2.75) is 32.1 Å². The highest BCUT2D eigenvalue weighted by Gasteiger charge is 2.15. The predicted octanol–water partition coefficient (Wildman–Crippen LogP) is 2.89. The molecule has 2 atom stereocenters. The van der Waals surface area contributed by atoms with Crippen LogP contribution in [0.5, 0.6) is 0 Å². The second-order valence-electron chi connectivity index (χ2n) is 4.83. The lowest BCUT2D eigenvalue weighted by molar-refractivity contribution is 0.635. The zero-order chi connectivity index (χ0) is 14.0. The maximum atomic E-state index is 11.6. The van der Waals surface area contributed by atoms with Crippen LogP contribution in [0.1, 0.15) is 18.3 Å². The van der Waals surface area contributed by atoms with Crippen molar-refractivity contribution < 1.29 is 4.21 Å². The number of aromatic nitrogens is 2. The minimum absolute atomic E-state index is 0.104. The zero-order valence-electron chi connectivity index (χ0n) is 11.5. The van der Waals surface area contributed by atoms with Crippen LogP contribution in [0.25, 0.3) is 11.0 Å². The van der Waals surface area contributed by atoms with Crippen molar-refractivity contribution in [1.82, 2.24) is 9.55 Å². The molecule has 0 bridgehead atoms. The number of hydrogen-bond acceptors (Lipinski definition) is 2. The summed E-state index contributed by atoms with van der Waals surface area (Å²) in [4.78, 5) is 4.69. The Morgan fingerprint density at radius 2 is 2.21 bits per heavy atom. The summed E-state index contributed by atoms with van der Waals surface area (Å²) in [5.41, 5.74) is 3.30. The van der Waals surface area contributed by atoms with E-state index in [0.717, 1.165) is 35.4 Å². The average Bonchev–Trinajstić information content (AvgIpc) is 2.70. The molecule has 0 saturated carbocycles. The molecule has 0 amide bonds. The van der Waals surface area contributed by atoms with E-state index in [1.165, 1.54) is 0 Å². The summed E-state index contributed by atoms with van der Waals surface area (Å²) >= 11 is 5.86. The van der Waals surface area contributed by atoms with Crippen LogP contribution in [0.4, 0.5) is 0 Å². The molecule has 2 unspecified atom stereocenters. The van der Waals surface area contributed by atoms with Crippen LogP contribution in [0, 0.1) is 6.92 Å².